The maximum absolute atomic E-state index is 12.2. The van der Waals surface area contributed by atoms with E-state index in [0.29, 0.717) is 37.4 Å². The number of anilines is 1. The van der Waals surface area contributed by atoms with Crippen molar-refractivity contribution in [1.82, 2.24) is 9.80 Å². The zero-order chi connectivity index (χ0) is 15.5. The molecule has 1 aromatic rings. The molecule has 1 aliphatic heterocycles. The van der Waals surface area contributed by atoms with Gasteiger partial charge in [-0.3, -0.25) is 4.79 Å². The summed E-state index contributed by atoms with van der Waals surface area (Å²) in [6.07, 6.45) is 2.02. The first-order valence-corrected chi connectivity index (χ1v) is 7.52. The van der Waals surface area contributed by atoms with Gasteiger partial charge >= 0.3 is 6.03 Å². The van der Waals surface area contributed by atoms with Gasteiger partial charge in [-0.2, -0.15) is 5.26 Å². The Balaban J connectivity index is 1.51. The van der Waals surface area contributed by atoms with Crippen LogP contribution in [0, 0.1) is 17.2 Å². The number of piperazine rings is 1. The van der Waals surface area contributed by atoms with Gasteiger partial charge < -0.3 is 15.1 Å². The third kappa shape index (κ3) is 3.19. The molecule has 0 unspecified atom stereocenters. The molecular formula is C16H18N4O2. The number of nitrogens with one attached hydrogen (secondary N) is 1. The Morgan fingerprint density at radius 2 is 1.64 bits per heavy atom. The third-order valence-electron chi connectivity index (χ3n) is 4.07. The summed E-state index contributed by atoms with van der Waals surface area (Å²) in [5.41, 5.74) is 1.23. The second-order valence-electron chi connectivity index (χ2n) is 5.71. The van der Waals surface area contributed by atoms with Crippen LogP contribution in [0.25, 0.3) is 0 Å². The van der Waals surface area contributed by atoms with Crippen LogP contribution in [0.15, 0.2) is 24.3 Å². The lowest BCUT2D eigenvalue weighted by atomic mass is 10.2. The normalized spacial score (nSPS) is 17.8. The van der Waals surface area contributed by atoms with E-state index < -0.39 is 0 Å². The van der Waals surface area contributed by atoms with E-state index >= 15 is 0 Å². The number of carbonyl (C=O) groups excluding carboxylic acids is 2. The van der Waals surface area contributed by atoms with Crippen LogP contribution < -0.4 is 5.32 Å². The average Bonchev–Trinajstić information content (AvgIpc) is 3.40. The molecular weight excluding hydrogens is 280 g/mol. The van der Waals surface area contributed by atoms with Crippen LogP contribution in [-0.4, -0.2) is 47.9 Å². The highest BCUT2D eigenvalue weighted by Gasteiger charge is 2.35. The number of amides is 3. The predicted molar refractivity (Wildman–Crippen MR) is 81.1 cm³/mol. The Labute approximate surface area is 129 Å². The van der Waals surface area contributed by atoms with Crippen LogP contribution in [0.3, 0.4) is 0 Å². The first-order chi connectivity index (χ1) is 10.7. The summed E-state index contributed by atoms with van der Waals surface area (Å²) in [5.74, 6) is 0.478. The Bertz CT molecular complexity index is 608. The van der Waals surface area contributed by atoms with E-state index in [1.165, 1.54) is 0 Å². The molecule has 22 heavy (non-hydrogen) atoms. The molecule has 3 rings (SSSR count). The zero-order valence-electron chi connectivity index (χ0n) is 12.3. The quantitative estimate of drug-likeness (QED) is 0.902. The Morgan fingerprint density at radius 1 is 1.05 bits per heavy atom. The van der Waals surface area contributed by atoms with Gasteiger partial charge in [0.2, 0.25) is 5.91 Å². The van der Waals surface area contributed by atoms with Gasteiger partial charge in [-0.05, 0) is 37.1 Å². The van der Waals surface area contributed by atoms with Crippen molar-refractivity contribution in [2.45, 2.75) is 12.8 Å². The fourth-order valence-corrected chi connectivity index (χ4v) is 2.55. The number of hydrogen-bond donors (Lipinski definition) is 1. The van der Waals surface area contributed by atoms with E-state index in [2.05, 4.69) is 5.32 Å². The highest BCUT2D eigenvalue weighted by Crippen LogP contribution is 2.31. The minimum Gasteiger partial charge on any atom is -0.339 e. The first-order valence-electron chi connectivity index (χ1n) is 7.52. The number of hydrogen-bond acceptors (Lipinski definition) is 3. The van der Waals surface area contributed by atoms with Gasteiger partial charge in [0.15, 0.2) is 0 Å². The van der Waals surface area contributed by atoms with Crippen LogP contribution in [0.2, 0.25) is 0 Å². The van der Waals surface area contributed by atoms with Crippen LogP contribution in [0.5, 0.6) is 0 Å². The standard InChI is InChI=1S/C16H18N4O2/c17-11-12-1-5-14(6-2-12)18-16(22)20-9-7-19(8-10-20)15(21)13-3-4-13/h1-2,5-6,13H,3-4,7-10H2,(H,18,22). The van der Waals surface area contributed by atoms with E-state index in [0.717, 1.165) is 12.8 Å². The fourth-order valence-electron chi connectivity index (χ4n) is 2.55. The van der Waals surface area contributed by atoms with E-state index in [-0.39, 0.29) is 17.9 Å². The van der Waals surface area contributed by atoms with Gasteiger partial charge in [0.25, 0.3) is 0 Å². The SMILES string of the molecule is N#Cc1ccc(NC(=O)N2CCN(C(=O)C3CC3)CC2)cc1. The monoisotopic (exact) mass is 298 g/mol. The van der Waals surface area contributed by atoms with Gasteiger partial charge in [-0.25, -0.2) is 4.79 Å². The Kier molecular flexibility index (Phi) is 3.96. The number of nitrogens with zero attached hydrogens (tertiary/aromatic N) is 3. The van der Waals surface area contributed by atoms with E-state index in [4.69, 9.17) is 5.26 Å². The smallest absolute Gasteiger partial charge is 0.321 e. The number of carbonyl (C=O) groups is 2. The molecule has 3 amide bonds. The number of urea groups is 1. The zero-order valence-corrected chi connectivity index (χ0v) is 12.3. The van der Waals surface area contributed by atoms with Gasteiger partial charge in [0.05, 0.1) is 11.6 Å². The largest absolute Gasteiger partial charge is 0.339 e. The molecule has 0 bridgehead atoms. The molecule has 0 spiro atoms. The number of nitriles is 1. The average molecular weight is 298 g/mol. The van der Waals surface area contributed by atoms with Crippen LogP contribution in [0.1, 0.15) is 18.4 Å². The van der Waals surface area contributed by atoms with E-state index in [9.17, 15) is 9.59 Å². The van der Waals surface area contributed by atoms with E-state index in [1.807, 2.05) is 11.0 Å². The van der Waals surface area contributed by atoms with Gasteiger partial charge in [0.1, 0.15) is 0 Å². The topological polar surface area (TPSA) is 76.4 Å². The summed E-state index contributed by atoms with van der Waals surface area (Å²) < 4.78 is 0. The van der Waals surface area contributed by atoms with Gasteiger partial charge in [-0.15, -0.1) is 0 Å². The molecule has 114 valence electrons. The van der Waals surface area contributed by atoms with Crippen LogP contribution in [0.4, 0.5) is 10.5 Å². The molecule has 2 aliphatic rings. The second-order valence-corrected chi connectivity index (χ2v) is 5.71. The van der Waals surface area contributed by atoms with E-state index in [1.54, 1.807) is 29.2 Å². The van der Waals surface area contributed by atoms with Crippen LogP contribution >= 0.6 is 0 Å². The van der Waals surface area contributed by atoms with Crippen molar-refractivity contribution in [2.75, 3.05) is 31.5 Å². The lowest BCUT2D eigenvalue weighted by Crippen LogP contribution is -2.52. The lowest BCUT2D eigenvalue weighted by molar-refractivity contribution is -0.133. The molecule has 0 atom stereocenters. The van der Waals surface area contributed by atoms with Gasteiger partial charge in [0, 0.05) is 37.8 Å². The second kappa shape index (κ2) is 6.06. The first kappa shape index (κ1) is 14.4. The van der Waals surface area contributed by atoms with Crippen molar-refractivity contribution >= 4 is 17.6 Å². The minimum absolute atomic E-state index is 0.164. The summed E-state index contributed by atoms with van der Waals surface area (Å²) in [4.78, 5) is 27.7. The lowest BCUT2D eigenvalue weighted by Gasteiger charge is -2.34. The molecule has 1 aliphatic carbocycles. The Hall–Kier alpha value is -2.55. The molecule has 6 heteroatoms. The van der Waals surface area contributed by atoms with Crippen LogP contribution in [-0.2, 0) is 4.79 Å². The fraction of sp³-hybridized carbons (Fsp3) is 0.438. The highest BCUT2D eigenvalue weighted by molar-refractivity contribution is 5.89. The molecule has 1 N–H and O–H groups in total. The van der Waals surface area contributed by atoms with Gasteiger partial charge in [-0.1, -0.05) is 0 Å². The molecule has 1 heterocycles. The molecule has 1 saturated heterocycles. The highest BCUT2D eigenvalue weighted by atomic mass is 16.2. The van der Waals surface area contributed by atoms with Crippen molar-refractivity contribution in [3.63, 3.8) is 0 Å². The van der Waals surface area contributed by atoms with Crippen molar-refractivity contribution < 1.29 is 9.59 Å². The van der Waals surface area contributed by atoms with Crippen molar-refractivity contribution in [1.29, 1.82) is 5.26 Å². The summed E-state index contributed by atoms with van der Waals surface area (Å²) in [7, 11) is 0. The molecule has 0 aromatic heterocycles. The summed E-state index contributed by atoms with van der Waals surface area (Å²) >= 11 is 0. The molecule has 0 radical (unpaired) electrons. The predicted octanol–water partition coefficient (Wildman–Crippen LogP) is 1.64. The van der Waals surface area contributed by atoms with Crippen molar-refractivity contribution in [3.8, 4) is 6.07 Å². The maximum Gasteiger partial charge on any atom is 0.321 e. The Morgan fingerprint density at radius 3 is 2.18 bits per heavy atom. The molecule has 1 saturated carbocycles. The molecule has 6 nitrogen and oxygen atoms in total. The minimum atomic E-state index is -0.164. The third-order valence-corrected chi connectivity index (χ3v) is 4.07. The number of benzene rings is 1. The maximum atomic E-state index is 12.2. The summed E-state index contributed by atoms with van der Waals surface area (Å²) in [6, 6.07) is 8.64. The summed E-state index contributed by atoms with van der Waals surface area (Å²) in [6.45, 7) is 2.33. The molecule has 2 fully saturated rings. The van der Waals surface area contributed by atoms with Crippen molar-refractivity contribution in [2.24, 2.45) is 5.92 Å². The van der Waals surface area contributed by atoms with Crippen molar-refractivity contribution in [3.05, 3.63) is 29.8 Å². The summed E-state index contributed by atoms with van der Waals surface area (Å²) in [5, 5.41) is 11.6. The number of rotatable bonds is 2. The molecule has 1 aromatic carbocycles.